The van der Waals surface area contributed by atoms with Gasteiger partial charge < -0.3 is 24.3 Å². The van der Waals surface area contributed by atoms with Crippen LogP contribution in [0.25, 0.3) is 11.0 Å². The van der Waals surface area contributed by atoms with Crippen LogP contribution in [0, 0.1) is 6.92 Å². The van der Waals surface area contributed by atoms with E-state index in [2.05, 4.69) is 5.32 Å². The normalized spacial score (nSPS) is 14.0. The number of carbonyl (C=O) groups excluding carboxylic acids is 2. The smallest absolute Gasteiger partial charge is 0.321 e. The van der Waals surface area contributed by atoms with E-state index in [0.29, 0.717) is 48.2 Å². The Morgan fingerprint density at radius 3 is 2.55 bits per heavy atom. The Morgan fingerprint density at radius 2 is 1.84 bits per heavy atom. The first-order chi connectivity index (χ1) is 14.9. The molecule has 4 rings (SSSR count). The molecule has 0 unspecified atom stereocenters. The summed E-state index contributed by atoms with van der Waals surface area (Å²) in [6.07, 6.45) is 1.88. The number of aryl methyl sites for hydroxylation is 1. The molecule has 0 spiro atoms. The van der Waals surface area contributed by atoms with Crippen molar-refractivity contribution in [1.29, 1.82) is 0 Å². The third-order valence-electron chi connectivity index (χ3n) is 5.55. The Hall–Kier alpha value is -3.19. The van der Waals surface area contributed by atoms with Crippen LogP contribution in [-0.4, -0.2) is 55.0 Å². The number of benzene rings is 2. The van der Waals surface area contributed by atoms with Crippen LogP contribution in [0.15, 0.2) is 47.1 Å². The van der Waals surface area contributed by atoms with Gasteiger partial charge in [-0.2, -0.15) is 0 Å². The van der Waals surface area contributed by atoms with Crippen molar-refractivity contribution in [3.05, 3.63) is 58.8 Å². The second-order valence-electron chi connectivity index (χ2n) is 7.56. The molecule has 31 heavy (non-hydrogen) atoms. The van der Waals surface area contributed by atoms with Crippen LogP contribution in [0.3, 0.4) is 0 Å². The van der Waals surface area contributed by atoms with Gasteiger partial charge in [0.25, 0.3) is 0 Å². The van der Waals surface area contributed by atoms with Crippen LogP contribution in [0.4, 0.5) is 10.5 Å². The van der Waals surface area contributed by atoms with E-state index in [9.17, 15) is 9.59 Å². The molecule has 3 aromatic rings. The fourth-order valence-corrected chi connectivity index (χ4v) is 3.81. The standard InChI is InChI=1S/C23H24ClN3O4/c1-15-3-4-17(12-20(15)24)25-23(29)27-9-7-26(8-10-27)22(28)11-16-14-31-21-13-18(30-2)5-6-19(16)21/h3-6,12-14H,7-11H2,1-2H3,(H,25,29). The fraction of sp³-hybridized carbons (Fsp3) is 0.304. The molecule has 0 saturated carbocycles. The number of furan rings is 1. The van der Waals surface area contributed by atoms with Crippen molar-refractivity contribution in [2.24, 2.45) is 0 Å². The highest BCUT2D eigenvalue weighted by atomic mass is 35.5. The summed E-state index contributed by atoms with van der Waals surface area (Å²) in [4.78, 5) is 28.8. The molecule has 1 aliphatic rings. The Morgan fingerprint density at radius 1 is 1.10 bits per heavy atom. The topological polar surface area (TPSA) is 75.0 Å². The van der Waals surface area contributed by atoms with E-state index in [1.807, 2.05) is 37.3 Å². The number of urea groups is 1. The van der Waals surface area contributed by atoms with Gasteiger partial charge in [-0.1, -0.05) is 17.7 Å². The Labute approximate surface area is 185 Å². The van der Waals surface area contributed by atoms with Gasteiger partial charge in [-0.3, -0.25) is 4.79 Å². The number of fused-ring (bicyclic) bond motifs is 1. The lowest BCUT2D eigenvalue weighted by atomic mass is 10.1. The zero-order chi connectivity index (χ0) is 22.0. The number of halogens is 1. The van der Waals surface area contributed by atoms with Gasteiger partial charge >= 0.3 is 6.03 Å². The summed E-state index contributed by atoms with van der Waals surface area (Å²) in [5, 5.41) is 4.38. The number of anilines is 1. The maximum Gasteiger partial charge on any atom is 0.321 e. The number of carbonyl (C=O) groups is 2. The van der Waals surface area contributed by atoms with Gasteiger partial charge in [0.2, 0.25) is 5.91 Å². The van der Waals surface area contributed by atoms with E-state index in [1.165, 1.54) is 0 Å². The zero-order valence-corrected chi connectivity index (χ0v) is 18.2. The molecule has 1 aliphatic heterocycles. The van der Waals surface area contributed by atoms with Crippen molar-refractivity contribution in [2.45, 2.75) is 13.3 Å². The Balaban J connectivity index is 1.32. The molecule has 0 bridgehead atoms. The quantitative estimate of drug-likeness (QED) is 0.654. The zero-order valence-electron chi connectivity index (χ0n) is 17.5. The number of hydrogen-bond donors (Lipinski definition) is 1. The molecular formula is C23H24ClN3O4. The molecule has 0 aliphatic carbocycles. The minimum atomic E-state index is -0.193. The van der Waals surface area contributed by atoms with Gasteiger partial charge in [0, 0.05) is 53.9 Å². The van der Waals surface area contributed by atoms with E-state index in [1.54, 1.807) is 29.2 Å². The van der Waals surface area contributed by atoms with Gasteiger partial charge in [0.05, 0.1) is 19.8 Å². The van der Waals surface area contributed by atoms with Crippen LogP contribution in [0.2, 0.25) is 5.02 Å². The summed E-state index contributed by atoms with van der Waals surface area (Å²) in [7, 11) is 1.60. The highest BCUT2D eigenvalue weighted by Crippen LogP contribution is 2.26. The van der Waals surface area contributed by atoms with Crippen molar-refractivity contribution < 1.29 is 18.7 Å². The predicted molar refractivity (Wildman–Crippen MR) is 120 cm³/mol. The van der Waals surface area contributed by atoms with Crippen molar-refractivity contribution in [3.63, 3.8) is 0 Å². The third kappa shape index (κ3) is 4.61. The third-order valence-corrected chi connectivity index (χ3v) is 5.95. The Kier molecular flexibility index (Phi) is 6.04. The van der Waals surface area contributed by atoms with Gasteiger partial charge in [0.1, 0.15) is 11.3 Å². The molecule has 2 aromatic carbocycles. The summed E-state index contributed by atoms with van der Waals surface area (Å²) in [6.45, 7) is 3.84. The largest absolute Gasteiger partial charge is 0.497 e. The van der Waals surface area contributed by atoms with Crippen LogP contribution in [-0.2, 0) is 11.2 Å². The van der Waals surface area contributed by atoms with E-state index in [0.717, 1.165) is 16.5 Å². The molecule has 3 amide bonds. The molecule has 1 N–H and O–H groups in total. The molecule has 2 heterocycles. The first-order valence-corrected chi connectivity index (χ1v) is 10.5. The summed E-state index contributed by atoms with van der Waals surface area (Å²) < 4.78 is 10.8. The van der Waals surface area contributed by atoms with Crippen molar-refractivity contribution >= 4 is 40.2 Å². The number of nitrogens with one attached hydrogen (secondary N) is 1. The average molecular weight is 442 g/mol. The van der Waals surface area contributed by atoms with Gasteiger partial charge in [-0.05, 0) is 36.8 Å². The number of rotatable bonds is 4. The maximum absolute atomic E-state index is 12.8. The van der Waals surface area contributed by atoms with E-state index in [4.69, 9.17) is 20.8 Å². The summed E-state index contributed by atoms with van der Waals surface area (Å²) in [5.74, 6) is 0.728. The maximum atomic E-state index is 12.8. The molecule has 7 nitrogen and oxygen atoms in total. The lowest BCUT2D eigenvalue weighted by Crippen LogP contribution is -2.52. The monoisotopic (exact) mass is 441 g/mol. The van der Waals surface area contributed by atoms with E-state index >= 15 is 0 Å². The summed E-state index contributed by atoms with van der Waals surface area (Å²) in [5.41, 5.74) is 3.15. The van der Waals surface area contributed by atoms with Gasteiger partial charge in [-0.25, -0.2) is 4.79 Å². The number of nitrogens with zero attached hydrogens (tertiary/aromatic N) is 2. The predicted octanol–water partition coefficient (Wildman–Crippen LogP) is 4.32. The number of hydrogen-bond acceptors (Lipinski definition) is 4. The average Bonchev–Trinajstić information content (AvgIpc) is 3.18. The van der Waals surface area contributed by atoms with Crippen LogP contribution in [0.1, 0.15) is 11.1 Å². The molecule has 1 fully saturated rings. The molecular weight excluding hydrogens is 418 g/mol. The minimum absolute atomic E-state index is 0.0175. The van der Waals surface area contributed by atoms with Crippen molar-refractivity contribution in [2.75, 3.05) is 38.6 Å². The van der Waals surface area contributed by atoms with Crippen LogP contribution in [0.5, 0.6) is 5.75 Å². The van der Waals surface area contributed by atoms with Crippen molar-refractivity contribution in [3.8, 4) is 5.75 Å². The molecule has 0 radical (unpaired) electrons. The van der Waals surface area contributed by atoms with Crippen LogP contribution >= 0.6 is 11.6 Å². The SMILES string of the molecule is COc1ccc2c(CC(=O)N3CCN(C(=O)Nc4ccc(C)c(Cl)c4)CC3)coc2c1. The van der Waals surface area contributed by atoms with E-state index in [-0.39, 0.29) is 18.4 Å². The number of amides is 3. The second kappa shape index (κ2) is 8.89. The molecule has 8 heteroatoms. The van der Waals surface area contributed by atoms with Gasteiger partial charge in [0.15, 0.2) is 0 Å². The molecule has 0 atom stereocenters. The lowest BCUT2D eigenvalue weighted by Gasteiger charge is -2.34. The molecule has 1 saturated heterocycles. The van der Waals surface area contributed by atoms with Crippen LogP contribution < -0.4 is 10.1 Å². The number of methoxy groups -OCH3 is 1. The highest BCUT2D eigenvalue weighted by Gasteiger charge is 2.25. The summed E-state index contributed by atoms with van der Waals surface area (Å²) >= 11 is 6.12. The summed E-state index contributed by atoms with van der Waals surface area (Å²) in [6, 6.07) is 10.8. The minimum Gasteiger partial charge on any atom is -0.497 e. The second-order valence-corrected chi connectivity index (χ2v) is 7.97. The first kappa shape index (κ1) is 21.1. The number of piperazine rings is 1. The molecule has 1 aromatic heterocycles. The Bertz CT molecular complexity index is 1120. The fourth-order valence-electron chi connectivity index (χ4n) is 3.63. The number of ether oxygens (including phenoxy) is 1. The van der Waals surface area contributed by atoms with E-state index < -0.39 is 0 Å². The van der Waals surface area contributed by atoms with Gasteiger partial charge in [-0.15, -0.1) is 0 Å². The highest BCUT2D eigenvalue weighted by molar-refractivity contribution is 6.31. The first-order valence-electron chi connectivity index (χ1n) is 10.1. The molecule has 162 valence electrons. The van der Waals surface area contributed by atoms with Crippen molar-refractivity contribution in [1.82, 2.24) is 9.80 Å². The lowest BCUT2D eigenvalue weighted by molar-refractivity contribution is -0.131.